The molecule has 2 amide bonds. The van der Waals surface area contributed by atoms with Gasteiger partial charge in [-0.1, -0.05) is 88.8 Å². The van der Waals surface area contributed by atoms with Crippen LogP contribution in [0.2, 0.25) is 18.6 Å². The van der Waals surface area contributed by atoms with Crippen LogP contribution in [0, 0.1) is 5.92 Å². The number of amides is 2. The minimum Gasteiger partial charge on any atom is -0.497 e. The molecule has 4 atom stereocenters. The number of aliphatic hydroxyl groups is 1. The van der Waals surface area contributed by atoms with Gasteiger partial charge >= 0.3 is 0 Å². The Hall–Kier alpha value is -4.86. The Kier molecular flexibility index (Phi) is 11.2. The van der Waals surface area contributed by atoms with Crippen molar-refractivity contribution in [3.63, 3.8) is 0 Å². The predicted octanol–water partition coefficient (Wildman–Crippen LogP) is 6.37. The molecule has 3 saturated heterocycles. The number of nitrogens with one attached hydrogen (secondary N) is 1. The Morgan fingerprint density at radius 1 is 0.951 bits per heavy atom. The number of ether oxygens (including phenoxy) is 2. The maximum absolute atomic E-state index is 15.4. The van der Waals surface area contributed by atoms with Crippen LogP contribution in [-0.4, -0.2) is 85.1 Å². The van der Waals surface area contributed by atoms with E-state index < -0.39 is 19.2 Å². The molecule has 3 fully saturated rings. The van der Waals surface area contributed by atoms with E-state index >= 15 is 4.79 Å². The highest BCUT2D eigenvalue weighted by molar-refractivity contribution is 9.10. The number of aliphatic hydroxyl groups excluding tert-OH is 1. The van der Waals surface area contributed by atoms with Crippen LogP contribution in [0.15, 0.2) is 108 Å². The SMILES string of the molecule is COc1ccc([Si](C)(C)[C@H]2[C@H](CCn3cc(CCO)nn3)O[C@@]3(C(=O)N(Cc4ccc(N5CN(c6ccccc6)C6(CCNCC6)C5=O)cc4)c4ccc(Br)cc43)[C@@H]2C)cc1. The maximum Gasteiger partial charge on any atom is 0.264 e. The summed E-state index contributed by atoms with van der Waals surface area (Å²) >= 11 is 3.74. The molecule has 2 N–H and O–H groups in total. The molecule has 5 heterocycles. The zero-order chi connectivity index (χ0) is 42.5. The molecule has 14 heteroatoms. The lowest BCUT2D eigenvalue weighted by molar-refractivity contribution is -0.146. The fraction of sp³-hybridized carbons (Fsp3) is 0.404. The number of benzene rings is 4. The van der Waals surface area contributed by atoms with E-state index in [9.17, 15) is 9.90 Å². The Bertz CT molecular complexity index is 2390. The minimum atomic E-state index is -2.36. The van der Waals surface area contributed by atoms with Gasteiger partial charge in [0.15, 0.2) is 5.60 Å². The number of nitrogens with zero attached hydrogens (tertiary/aromatic N) is 6. The summed E-state index contributed by atoms with van der Waals surface area (Å²) in [6.07, 6.45) is 4.21. The highest BCUT2D eigenvalue weighted by Crippen LogP contribution is 2.60. The lowest BCUT2D eigenvalue weighted by Crippen LogP contribution is -2.55. The number of carbonyl (C=O) groups excluding carboxylic acids is 2. The van der Waals surface area contributed by atoms with Crippen LogP contribution in [0.4, 0.5) is 17.1 Å². The first-order valence-corrected chi connectivity index (χ1v) is 25.3. The molecular formula is C47H54BrN7O5Si. The summed E-state index contributed by atoms with van der Waals surface area (Å²) in [7, 11) is -0.675. The average Bonchev–Trinajstić information content (AvgIpc) is 3.99. The van der Waals surface area contributed by atoms with Crippen LogP contribution in [-0.2, 0) is 39.4 Å². The summed E-state index contributed by atoms with van der Waals surface area (Å²) in [6.45, 7) is 9.98. The normalized spacial score (nSPS) is 23.4. The van der Waals surface area contributed by atoms with E-state index in [0.717, 1.165) is 70.0 Å². The van der Waals surface area contributed by atoms with Gasteiger partial charge in [0, 0.05) is 53.1 Å². The topological polar surface area (TPSA) is 125 Å². The maximum atomic E-state index is 15.4. The molecule has 61 heavy (non-hydrogen) atoms. The standard InChI is InChI=1S/C47H54BrN7O5Si/c1-32-43(61(3,4)39-17-15-38(59-2)16-18-39)42(20-26-52-30-35(21-27-56)50-51-52)60-47(32)40-28-34(48)12-19-41(40)53(45(47)58)29-33-10-13-36(14-11-33)54-31-55(37-8-6-5-7-9-37)46(44(54)57)22-24-49-25-23-46/h5-19,28,30,32,42-43,49,56H,20-27,29,31H2,1-4H3/t32-,42+,43-,47+/m1/s1. The first kappa shape index (κ1) is 41.5. The number of methoxy groups -OCH3 is 1. The van der Waals surface area contributed by atoms with Gasteiger partial charge < -0.3 is 29.7 Å². The molecule has 0 bridgehead atoms. The number of piperidine rings is 1. The fourth-order valence-electron chi connectivity index (χ4n) is 10.8. The Morgan fingerprint density at radius 3 is 2.39 bits per heavy atom. The van der Waals surface area contributed by atoms with Crippen molar-refractivity contribution in [2.45, 2.75) is 81.6 Å². The first-order chi connectivity index (χ1) is 29.5. The van der Waals surface area contributed by atoms with Gasteiger partial charge in [0.25, 0.3) is 11.8 Å². The van der Waals surface area contributed by atoms with E-state index in [2.05, 4.69) is 86.8 Å². The molecule has 0 aliphatic carbocycles. The summed E-state index contributed by atoms with van der Waals surface area (Å²) < 4.78 is 15.6. The van der Waals surface area contributed by atoms with Crippen molar-refractivity contribution >= 4 is 58.1 Å². The zero-order valence-corrected chi connectivity index (χ0v) is 37.8. The number of carbonyl (C=O) groups is 2. The van der Waals surface area contributed by atoms with Crippen molar-refractivity contribution in [1.82, 2.24) is 20.3 Å². The summed E-state index contributed by atoms with van der Waals surface area (Å²) in [6, 6.07) is 32.9. The van der Waals surface area contributed by atoms with Gasteiger partial charge in [-0.25, -0.2) is 0 Å². The van der Waals surface area contributed by atoms with Gasteiger partial charge in [-0.15, -0.1) is 5.10 Å². The molecular weight excluding hydrogens is 851 g/mol. The van der Waals surface area contributed by atoms with Gasteiger partial charge in [-0.3, -0.25) is 19.2 Å². The van der Waals surface area contributed by atoms with Gasteiger partial charge in [0.05, 0.1) is 45.9 Å². The van der Waals surface area contributed by atoms with Crippen molar-refractivity contribution in [1.29, 1.82) is 0 Å². The lowest BCUT2D eigenvalue weighted by atomic mass is 9.82. The number of hydrogen-bond acceptors (Lipinski definition) is 9. The van der Waals surface area contributed by atoms with Crippen molar-refractivity contribution in [2.24, 2.45) is 5.92 Å². The number of para-hydroxylation sites is 1. The smallest absolute Gasteiger partial charge is 0.264 e. The third kappa shape index (κ3) is 7.09. The van der Waals surface area contributed by atoms with Gasteiger partial charge in [0.1, 0.15) is 11.3 Å². The van der Waals surface area contributed by atoms with E-state index in [4.69, 9.17) is 9.47 Å². The third-order valence-corrected chi connectivity index (χ3v) is 18.8. The van der Waals surface area contributed by atoms with Crippen molar-refractivity contribution in [3.05, 3.63) is 125 Å². The Morgan fingerprint density at radius 2 is 1.69 bits per heavy atom. The number of halogens is 1. The third-order valence-electron chi connectivity index (χ3n) is 13.9. The molecule has 4 aliphatic rings. The number of anilines is 3. The average molecular weight is 905 g/mol. The second-order valence-electron chi connectivity index (χ2n) is 17.5. The minimum absolute atomic E-state index is 0.0102. The second kappa shape index (κ2) is 16.4. The number of hydrogen-bond donors (Lipinski definition) is 2. The monoisotopic (exact) mass is 903 g/mol. The highest BCUT2D eigenvalue weighted by Gasteiger charge is 2.66. The van der Waals surface area contributed by atoms with E-state index in [1.165, 1.54) is 5.19 Å². The molecule has 5 aromatic rings. The van der Waals surface area contributed by atoms with Crippen LogP contribution < -0.4 is 29.9 Å². The highest BCUT2D eigenvalue weighted by atomic mass is 79.9. The molecule has 12 nitrogen and oxygen atoms in total. The van der Waals surface area contributed by atoms with Crippen LogP contribution in [0.1, 0.15) is 43.0 Å². The van der Waals surface area contributed by atoms with Crippen LogP contribution in [0.5, 0.6) is 5.75 Å². The van der Waals surface area contributed by atoms with Crippen LogP contribution in [0.25, 0.3) is 0 Å². The second-order valence-corrected chi connectivity index (χ2v) is 23.1. The molecule has 0 saturated carbocycles. The Balaban J connectivity index is 1.02. The largest absolute Gasteiger partial charge is 0.497 e. The summed E-state index contributed by atoms with van der Waals surface area (Å²) in [5.41, 5.74) is 3.59. The molecule has 1 aromatic heterocycles. The number of aryl methyl sites for hydroxylation is 1. The zero-order valence-electron chi connectivity index (χ0n) is 35.3. The van der Waals surface area contributed by atoms with Crippen molar-refractivity contribution in [2.75, 3.05) is 48.2 Å². The summed E-state index contributed by atoms with van der Waals surface area (Å²) in [4.78, 5) is 35.9. The number of aromatic nitrogens is 3. The number of rotatable bonds is 12. The number of fused-ring (bicyclic) bond motifs is 2. The Labute approximate surface area is 367 Å². The molecule has 4 aromatic carbocycles. The molecule has 318 valence electrons. The predicted molar refractivity (Wildman–Crippen MR) is 243 cm³/mol. The van der Waals surface area contributed by atoms with Gasteiger partial charge in [0.2, 0.25) is 0 Å². The molecule has 9 rings (SSSR count). The van der Waals surface area contributed by atoms with Gasteiger partial charge in [-0.05, 0) is 98.1 Å². The molecule has 4 aliphatic heterocycles. The van der Waals surface area contributed by atoms with E-state index in [-0.39, 0.29) is 36.0 Å². The van der Waals surface area contributed by atoms with E-state index in [0.29, 0.717) is 32.6 Å². The van der Waals surface area contributed by atoms with E-state index in [1.54, 1.807) is 7.11 Å². The summed E-state index contributed by atoms with van der Waals surface area (Å²) in [5, 5.41) is 22.8. The molecule has 0 unspecified atom stereocenters. The first-order valence-electron chi connectivity index (χ1n) is 21.4. The lowest BCUT2D eigenvalue weighted by Gasteiger charge is -2.39. The van der Waals surface area contributed by atoms with Crippen molar-refractivity contribution < 1.29 is 24.2 Å². The van der Waals surface area contributed by atoms with Crippen molar-refractivity contribution in [3.8, 4) is 5.75 Å². The fourth-order valence-corrected chi connectivity index (χ4v) is 15.2. The van der Waals surface area contributed by atoms with Crippen LogP contribution >= 0.6 is 15.9 Å². The molecule has 0 radical (unpaired) electrons. The quantitative estimate of drug-likeness (QED) is 0.138. The van der Waals surface area contributed by atoms with Crippen LogP contribution in [0.3, 0.4) is 0 Å². The summed E-state index contributed by atoms with van der Waals surface area (Å²) in [5.74, 6) is 0.721. The van der Waals surface area contributed by atoms with E-state index in [1.807, 2.05) is 87.4 Å². The molecule has 2 spiro atoms. The van der Waals surface area contributed by atoms with Gasteiger partial charge in [-0.2, -0.15) is 0 Å².